The number of nitrogens with one attached hydrogen (secondary N) is 1. The van der Waals surface area contributed by atoms with Crippen molar-refractivity contribution in [2.24, 2.45) is 5.41 Å². The number of ketones is 1. The number of hydrogen-bond acceptors (Lipinski definition) is 3. The minimum Gasteiger partial charge on any atom is -0.492 e. The minimum absolute atomic E-state index is 0.0235. The predicted octanol–water partition coefficient (Wildman–Crippen LogP) is 4.04. The van der Waals surface area contributed by atoms with Crippen LogP contribution in [0.25, 0.3) is 0 Å². The Kier molecular flexibility index (Phi) is 5.96. The Labute approximate surface area is 134 Å². The van der Waals surface area contributed by atoms with Crippen LogP contribution in [0.2, 0.25) is 0 Å². The van der Waals surface area contributed by atoms with E-state index in [4.69, 9.17) is 4.74 Å². The van der Waals surface area contributed by atoms with E-state index in [0.29, 0.717) is 23.6 Å². The molecular weight excluding hydrogens is 334 g/mol. The molecule has 0 spiro atoms. The highest BCUT2D eigenvalue weighted by Gasteiger charge is 2.23. The molecule has 0 fully saturated rings. The van der Waals surface area contributed by atoms with Gasteiger partial charge in [0.2, 0.25) is 5.91 Å². The molecule has 21 heavy (non-hydrogen) atoms. The number of anilines is 1. The minimum atomic E-state index is -0.498. The monoisotopic (exact) mass is 355 g/mol. The van der Waals surface area contributed by atoms with Crippen LogP contribution in [-0.2, 0) is 4.79 Å². The van der Waals surface area contributed by atoms with E-state index in [2.05, 4.69) is 21.2 Å². The van der Waals surface area contributed by atoms with Crippen LogP contribution < -0.4 is 10.1 Å². The van der Waals surface area contributed by atoms with Gasteiger partial charge in [-0.3, -0.25) is 9.59 Å². The third-order valence-electron chi connectivity index (χ3n) is 2.86. The number of carbonyl (C=O) groups excluding carboxylic acids is 2. The quantitative estimate of drug-likeness (QED) is 0.640. The van der Waals surface area contributed by atoms with Crippen molar-refractivity contribution in [3.63, 3.8) is 0 Å². The maximum absolute atomic E-state index is 12.1. The molecule has 0 saturated heterocycles. The van der Waals surface area contributed by atoms with Crippen LogP contribution in [0.15, 0.2) is 18.2 Å². The fraction of sp³-hybridized carbons (Fsp3) is 0.500. The number of halogens is 1. The van der Waals surface area contributed by atoms with Gasteiger partial charge in [0.25, 0.3) is 0 Å². The third kappa shape index (κ3) is 4.84. The van der Waals surface area contributed by atoms with Gasteiger partial charge in [-0.05, 0) is 32.0 Å². The van der Waals surface area contributed by atoms with Crippen molar-refractivity contribution in [3.05, 3.63) is 23.8 Å². The molecule has 1 atom stereocenters. The van der Waals surface area contributed by atoms with Crippen molar-refractivity contribution in [3.8, 4) is 5.75 Å². The topological polar surface area (TPSA) is 55.4 Å². The first-order valence-corrected chi connectivity index (χ1v) is 7.85. The summed E-state index contributed by atoms with van der Waals surface area (Å²) >= 11 is 3.26. The molecule has 1 amide bonds. The molecule has 1 N–H and O–H groups in total. The summed E-state index contributed by atoms with van der Waals surface area (Å²) in [5.74, 6) is 0.384. The Bertz CT molecular complexity index is 533. The van der Waals surface area contributed by atoms with E-state index in [0.717, 1.165) is 0 Å². The molecule has 0 aliphatic heterocycles. The number of carbonyl (C=O) groups is 2. The number of hydrogen-bond donors (Lipinski definition) is 1. The molecule has 0 radical (unpaired) electrons. The highest BCUT2D eigenvalue weighted by atomic mass is 79.9. The van der Waals surface area contributed by atoms with Crippen LogP contribution in [0.1, 0.15) is 45.0 Å². The van der Waals surface area contributed by atoms with Crippen molar-refractivity contribution in [2.75, 3.05) is 11.9 Å². The molecule has 5 heteroatoms. The average Bonchev–Trinajstić information content (AvgIpc) is 2.38. The normalized spacial score (nSPS) is 12.7. The summed E-state index contributed by atoms with van der Waals surface area (Å²) < 4.78 is 5.54. The SMILES string of the molecule is CCOc1cc(C(=O)C(C)Br)ccc1NC(=O)C(C)(C)C. The Morgan fingerprint density at radius 1 is 1.33 bits per heavy atom. The highest BCUT2D eigenvalue weighted by molar-refractivity contribution is 9.10. The van der Waals surface area contributed by atoms with E-state index in [-0.39, 0.29) is 16.5 Å². The maximum Gasteiger partial charge on any atom is 0.229 e. The molecule has 1 unspecified atom stereocenters. The van der Waals surface area contributed by atoms with Crippen molar-refractivity contribution in [1.29, 1.82) is 0 Å². The van der Waals surface area contributed by atoms with E-state index in [1.807, 2.05) is 27.7 Å². The molecule has 0 heterocycles. The third-order valence-corrected chi connectivity index (χ3v) is 3.27. The van der Waals surface area contributed by atoms with Gasteiger partial charge in [-0.1, -0.05) is 36.7 Å². The summed E-state index contributed by atoms with van der Waals surface area (Å²) in [6.07, 6.45) is 0. The van der Waals surface area contributed by atoms with Crippen molar-refractivity contribution >= 4 is 33.3 Å². The molecular formula is C16H22BrNO3. The van der Waals surface area contributed by atoms with Gasteiger partial charge in [-0.25, -0.2) is 0 Å². The summed E-state index contributed by atoms with van der Waals surface area (Å²) in [4.78, 5) is 23.8. The fourth-order valence-corrected chi connectivity index (χ4v) is 1.86. The van der Waals surface area contributed by atoms with Crippen LogP contribution in [-0.4, -0.2) is 23.1 Å². The second-order valence-electron chi connectivity index (χ2n) is 5.83. The lowest BCUT2D eigenvalue weighted by Gasteiger charge is -2.19. The highest BCUT2D eigenvalue weighted by Crippen LogP contribution is 2.29. The number of ether oxygens (including phenoxy) is 1. The first-order chi connectivity index (χ1) is 9.66. The maximum atomic E-state index is 12.1. The summed E-state index contributed by atoms with van der Waals surface area (Å²) in [6, 6.07) is 5.07. The zero-order valence-electron chi connectivity index (χ0n) is 13.1. The Balaban J connectivity index is 3.10. The lowest BCUT2D eigenvalue weighted by molar-refractivity contribution is -0.123. The number of Topliss-reactive ketones (excluding diaryl/α,β-unsaturated/α-hetero) is 1. The van der Waals surface area contributed by atoms with E-state index in [1.165, 1.54) is 0 Å². The number of benzene rings is 1. The largest absolute Gasteiger partial charge is 0.492 e. The zero-order valence-corrected chi connectivity index (χ0v) is 14.7. The smallest absolute Gasteiger partial charge is 0.229 e. The van der Waals surface area contributed by atoms with Gasteiger partial charge in [0, 0.05) is 11.0 Å². The molecule has 0 aromatic heterocycles. The summed E-state index contributed by atoms with van der Waals surface area (Å²) in [5.41, 5.74) is 0.634. The summed E-state index contributed by atoms with van der Waals surface area (Å²) in [5, 5.41) is 2.84. The molecule has 1 rings (SSSR count). The number of alkyl halides is 1. The first-order valence-electron chi connectivity index (χ1n) is 6.93. The van der Waals surface area contributed by atoms with Crippen LogP contribution in [0.5, 0.6) is 5.75 Å². The molecule has 116 valence electrons. The van der Waals surface area contributed by atoms with Gasteiger partial charge >= 0.3 is 0 Å². The Morgan fingerprint density at radius 3 is 2.43 bits per heavy atom. The van der Waals surface area contributed by atoms with Crippen LogP contribution in [0.4, 0.5) is 5.69 Å². The number of amides is 1. The zero-order chi connectivity index (χ0) is 16.2. The molecule has 0 aliphatic rings. The second kappa shape index (κ2) is 7.07. The molecule has 0 bridgehead atoms. The van der Waals surface area contributed by atoms with E-state index < -0.39 is 5.41 Å². The molecule has 1 aromatic carbocycles. The molecule has 4 nitrogen and oxygen atoms in total. The van der Waals surface area contributed by atoms with Gasteiger partial charge in [-0.2, -0.15) is 0 Å². The van der Waals surface area contributed by atoms with E-state index in [9.17, 15) is 9.59 Å². The summed E-state index contributed by atoms with van der Waals surface area (Å²) in [7, 11) is 0. The van der Waals surface area contributed by atoms with Crippen molar-refractivity contribution in [2.45, 2.75) is 39.4 Å². The summed E-state index contributed by atoms with van der Waals surface area (Å²) in [6.45, 7) is 9.61. The van der Waals surface area contributed by atoms with Gasteiger partial charge in [0.1, 0.15) is 5.75 Å². The van der Waals surface area contributed by atoms with Crippen molar-refractivity contribution < 1.29 is 14.3 Å². The van der Waals surface area contributed by atoms with Crippen LogP contribution in [0, 0.1) is 5.41 Å². The van der Waals surface area contributed by atoms with Gasteiger partial charge in [-0.15, -0.1) is 0 Å². The predicted molar refractivity (Wildman–Crippen MR) is 88.4 cm³/mol. The van der Waals surface area contributed by atoms with Gasteiger partial charge in [0.15, 0.2) is 5.78 Å². The van der Waals surface area contributed by atoms with Crippen LogP contribution in [0.3, 0.4) is 0 Å². The standard InChI is InChI=1S/C16H22BrNO3/c1-6-21-13-9-11(14(19)10(2)17)7-8-12(13)18-15(20)16(3,4)5/h7-10H,6H2,1-5H3,(H,18,20). The average molecular weight is 356 g/mol. The second-order valence-corrected chi connectivity index (χ2v) is 7.20. The fourth-order valence-electron chi connectivity index (χ4n) is 1.59. The lowest BCUT2D eigenvalue weighted by atomic mass is 9.95. The van der Waals surface area contributed by atoms with Gasteiger partial charge in [0.05, 0.1) is 17.1 Å². The Morgan fingerprint density at radius 2 is 1.95 bits per heavy atom. The molecule has 0 saturated carbocycles. The lowest BCUT2D eigenvalue weighted by Crippen LogP contribution is -2.27. The van der Waals surface area contributed by atoms with Crippen molar-refractivity contribution in [1.82, 2.24) is 0 Å². The Hall–Kier alpha value is -1.36. The van der Waals surface area contributed by atoms with Crippen LogP contribution >= 0.6 is 15.9 Å². The number of rotatable bonds is 5. The van der Waals surface area contributed by atoms with Gasteiger partial charge < -0.3 is 10.1 Å². The first kappa shape index (κ1) is 17.7. The van der Waals surface area contributed by atoms with E-state index in [1.54, 1.807) is 25.1 Å². The molecule has 1 aromatic rings. The molecule has 0 aliphatic carbocycles. The van der Waals surface area contributed by atoms with E-state index >= 15 is 0 Å².